The number of methoxy groups -OCH3 is 1. The largest absolute Gasteiger partial charge is 0.494 e. The van der Waals surface area contributed by atoms with Gasteiger partial charge in [0.1, 0.15) is 0 Å². The topological polar surface area (TPSA) is 55.4 Å². The molecule has 0 unspecified atom stereocenters. The second kappa shape index (κ2) is 8.01. The van der Waals surface area contributed by atoms with Gasteiger partial charge in [-0.15, -0.1) is 0 Å². The molecule has 27 heavy (non-hydrogen) atoms. The molecule has 136 valence electrons. The summed E-state index contributed by atoms with van der Waals surface area (Å²) >= 11 is 5.85. The number of amides is 1. The Bertz CT molecular complexity index is 1000. The number of hydrogen-bond acceptors (Lipinski definition) is 3. The monoisotopic (exact) mass is 383 g/mol. The fourth-order valence-corrected chi connectivity index (χ4v) is 2.70. The van der Waals surface area contributed by atoms with E-state index in [1.54, 1.807) is 48.5 Å². The molecule has 0 aromatic heterocycles. The van der Waals surface area contributed by atoms with Crippen molar-refractivity contribution in [2.24, 2.45) is 0 Å². The molecule has 3 aromatic rings. The zero-order valence-electron chi connectivity index (χ0n) is 14.3. The number of carbonyl (C=O) groups excluding carboxylic acids is 2. The first-order chi connectivity index (χ1) is 13.0. The standard InChI is InChI=1S/C21H15ClFNO3/c1-27-19-11-10-15(12-18(19)23)24-21(26)17-5-3-2-4-16(17)20(25)13-6-8-14(22)9-7-13/h2-12H,1H3,(H,24,26). The molecule has 0 fully saturated rings. The predicted molar refractivity (Wildman–Crippen MR) is 102 cm³/mol. The van der Waals surface area contributed by atoms with Crippen molar-refractivity contribution in [1.82, 2.24) is 0 Å². The van der Waals surface area contributed by atoms with E-state index in [1.165, 1.54) is 19.2 Å². The number of hydrogen-bond donors (Lipinski definition) is 1. The fourth-order valence-electron chi connectivity index (χ4n) is 2.58. The van der Waals surface area contributed by atoms with Gasteiger partial charge in [0.25, 0.3) is 5.91 Å². The smallest absolute Gasteiger partial charge is 0.256 e. The molecule has 1 N–H and O–H groups in total. The minimum Gasteiger partial charge on any atom is -0.494 e. The highest BCUT2D eigenvalue weighted by Gasteiger charge is 2.18. The Morgan fingerprint density at radius 2 is 1.63 bits per heavy atom. The molecule has 0 radical (unpaired) electrons. The second-order valence-electron chi connectivity index (χ2n) is 5.69. The van der Waals surface area contributed by atoms with Crippen molar-refractivity contribution in [2.75, 3.05) is 12.4 Å². The summed E-state index contributed by atoms with van der Waals surface area (Å²) in [5.41, 5.74) is 1.10. The molecule has 3 aromatic carbocycles. The van der Waals surface area contributed by atoms with Crippen LogP contribution >= 0.6 is 11.6 Å². The average Bonchev–Trinajstić information content (AvgIpc) is 2.68. The molecule has 6 heteroatoms. The fraction of sp³-hybridized carbons (Fsp3) is 0.0476. The first-order valence-corrected chi connectivity index (χ1v) is 8.41. The van der Waals surface area contributed by atoms with E-state index in [9.17, 15) is 14.0 Å². The first kappa shape index (κ1) is 18.6. The molecule has 0 saturated carbocycles. The number of benzene rings is 3. The number of anilines is 1. The molecular formula is C21H15ClFNO3. The van der Waals surface area contributed by atoms with E-state index in [4.69, 9.17) is 16.3 Å². The minimum atomic E-state index is -0.596. The van der Waals surface area contributed by atoms with Crippen LogP contribution in [0, 0.1) is 5.82 Å². The lowest BCUT2D eigenvalue weighted by Gasteiger charge is -2.11. The van der Waals surface area contributed by atoms with Gasteiger partial charge in [-0.25, -0.2) is 4.39 Å². The molecule has 4 nitrogen and oxygen atoms in total. The number of carbonyl (C=O) groups is 2. The van der Waals surface area contributed by atoms with Crippen molar-refractivity contribution >= 4 is 29.0 Å². The molecule has 0 bridgehead atoms. The molecule has 1 amide bonds. The Balaban J connectivity index is 1.89. The van der Waals surface area contributed by atoms with Gasteiger partial charge >= 0.3 is 0 Å². The minimum absolute atomic E-state index is 0.0753. The van der Waals surface area contributed by atoms with Crippen LogP contribution in [-0.4, -0.2) is 18.8 Å². The average molecular weight is 384 g/mol. The molecule has 0 spiro atoms. The maximum atomic E-state index is 13.8. The summed E-state index contributed by atoms with van der Waals surface area (Å²) in [7, 11) is 1.36. The summed E-state index contributed by atoms with van der Waals surface area (Å²) < 4.78 is 18.7. The maximum absolute atomic E-state index is 13.8. The van der Waals surface area contributed by atoms with Crippen molar-refractivity contribution in [3.05, 3.63) is 94.3 Å². The Morgan fingerprint density at radius 3 is 2.26 bits per heavy atom. The van der Waals surface area contributed by atoms with Gasteiger partial charge in [0.15, 0.2) is 17.3 Å². The van der Waals surface area contributed by atoms with Gasteiger partial charge in [-0.1, -0.05) is 29.8 Å². The van der Waals surface area contributed by atoms with Crippen LogP contribution in [0.5, 0.6) is 5.75 Å². The van der Waals surface area contributed by atoms with Crippen molar-refractivity contribution in [3.8, 4) is 5.75 Å². The number of ketones is 1. The lowest BCUT2D eigenvalue weighted by molar-refractivity contribution is 0.0996. The molecule has 0 aliphatic carbocycles. The zero-order chi connectivity index (χ0) is 19.4. The van der Waals surface area contributed by atoms with Gasteiger partial charge < -0.3 is 10.1 Å². The number of rotatable bonds is 5. The third kappa shape index (κ3) is 4.15. The van der Waals surface area contributed by atoms with Crippen LogP contribution in [0.3, 0.4) is 0 Å². The Hall–Kier alpha value is -3.18. The van der Waals surface area contributed by atoms with Gasteiger partial charge in [-0.2, -0.15) is 0 Å². The van der Waals surface area contributed by atoms with E-state index in [-0.39, 0.29) is 28.3 Å². The van der Waals surface area contributed by atoms with Crippen LogP contribution in [0.15, 0.2) is 66.7 Å². The van der Waals surface area contributed by atoms with Gasteiger partial charge in [-0.3, -0.25) is 9.59 Å². The lowest BCUT2D eigenvalue weighted by atomic mass is 9.98. The van der Waals surface area contributed by atoms with Crippen molar-refractivity contribution < 1.29 is 18.7 Å². The SMILES string of the molecule is COc1ccc(NC(=O)c2ccccc2C(=O)c2ccc(Cl)cc2)cc1F. The summed E-state index contributed by atoms with van der Waals surface area (Å²) in [5, 5.41) is 3.11. The van der Waals surface area contributed by atoms with Crippen molar-refractivity contribution in [3.63, 3.8) is 0 Å². The van der Waals surface area contributed by atoms with E-state index in [1.807, 2.05) is 0 Å². The summed E-state index contributed by atoms with van der Waals surface area (Å²) in [5.74, 6) is -1.34. The summed E-state index contributed by atoms with van der Waals surface area (Å²) in [6.45, 7) is 0. The molecule has 0 saturated heterocycles. The zero-order valence-corrected chi connectivity index (χ0v) is 15.1. The lowest BCUT2D eigenvalue weighted by Crippen LogP contribution is -2.17. The van der Waals surface area contributed by atoms with E-state index < -0.39 is 11.7 Å². The Morgan fingerprint density at radius 1 is 0.963 bits per heavy atom. The highest BCUT2D eigenvalue weighted by atomic mass is 35.5. The van der Waals surface area contributed by atoms with E-state index in [0.29, 0.717) is 10.6 Å². The van der Waals surface area contributed by atoms with E-state index in [0.717, 1.165) is 6.07 Å². The highest BCUT2D eigenvalue weighted by Crippen LogP contribution is 2.22. The quantitative estimate of drug-likeness (QED) is 0.633. The summed E-state index contributed by atoms with van der Waals surface area (Å²) in [4.78, 5) is 25.4. The first-order valence-electron chi connectivity index (χ1n) is 8.04. The van der Waals surface area contributed by atoms with Crippen LogP contribution in [-0.2, 0) is 0 Å². The molecular weight excluding hydrogens is 369 g/mol. The molecule has 0 aliphatic heterocycles. The number of halogens is 2. The van der Waals surface area contributed by atoms with Crippen LogP contribution in [0.1, 0.15) is 26.3 Å². The van der Waals surface area contributed by atoms with Crippen LogP contribution in [0.4, 0.5) is 10.1 Å². The second-order valence-corrected chi connectivity index (χ2v) is 6.12. The van der Waals surface area contributed by atoms with Gasteiger partial charge in [0.2, 0.25) is 0 Å². The highest BCUT2D eigenvalue weighted by molar-refractivity contribution is 6.30. The Kier molecular flexibility index (Phi) is 5.52. The van der Waals surface area contributed by atoms with Crippen molar-refractivity contribution in [2.45, 2.75) is 0 Å². The molecule has 0 atom stereocenters. The molecule has 3 rings (SSSR count). The normalized spacial score (nSPS) is 10.3. The van der Waals surface area contributed by atoms with E-state index >= 15 is 0 Å². The number of ether oxygens (including phenoxy) is 1. The van der Waals surface area contributed by atoms with Gasteiger partial charge in [0.05, 0.1) is 12.7 Å². The molecule has 0 heterocycles. The number of nitrogens with one attached hydrogen (secondary N) is 1. The Labute approximate surface area is 160 Å². The van der Waals surface area contributed by atoms with Crippen LogP contribution < -0.4 is 10.1 Å². The summed E-state index contributed by atoms with van der Waals surface area (Å²) in [6.07, 6.45) is 0. The van der Waals surface area contributed by atoms with E-state index in [2.05, 4.69) is 5.32 Å². The third-order valence-electron chi connectivity index (χ3n) is 3.93. The van der Waals surface area contributed by atoms with Crippen molar-refractivity contribution in [1.29, 1.82) is 0 Å². The molecule has 0 aliphatic rings. The van der Waals surface area contributed by atoms with Crippen LogP contribution in [0.25, 0.3) is 0 Å². The van der Waals surface area contributed by atoms with Gasteiger partial charge in [-0.05, 0) is 42.5 Å². The van der Waals surface area contributed by atoms with Gasteiger partial charge in [0, 0.05) is 27.9 Å². The maximum Gasteiger partial charge on any atom is 0.256 e. The van der Waals surface area contributed by atoms with Crippen LogP contribution in [0.2, 0.25) is 5.02 Å². The predicted octanol–water partition coefficient (Wildman–Crippen LogP) is 4.97. The summed E-state index contributed by atoms with van der Waals surface area (Å²) in [6, 6.07) is 16.9. The third-order valence-corrected chi connectivity index (χ3v) is 4.18.